The minimum atomic E-state index is -0.484. The van der Waals surface area contributed by atoms with Crippen molar-refractivity contribution in [2.24, 2.45) is 5.92 Å². The number of hydrogen-bond acceptors (Lipinski definition) is 3. The van der Waals surface area contributed by atoms with E-state index in [0.29, 0.717) is 23.6 Å². The molecule has 1 aromatic rings. The van der Waals surface area contributed by atoms with E-state index in [9.17, 15) is 14.9 Å². The Morgan fingerprint density at radius 3 is 2.79 bits per heavy atom. The normalized spacial score (nSPS) is 11.9. The van der Waals surface area contributed by atoms with E-state index in [4.69, 9.17) is 11.6 Å². The molecule has 1 N–H and O–H groups in total. The Balaban J connectivity index is 2.78. The largest absolute Gasteiger partial charge is 0.352 e. The third-order valence-corrected chi connectivity index (χ3v) is 3.18. The van der Waals surface area contributed by atoms with Gasteiger partial charge in [-0.15, -0.1) is 11.6 Å². The van der Waals surface area contributed by atoms with Crippen LogP contribution in [-0.2, 0) is 0 Å². The van der Waals surface area contributed by atoms with Gasteiger partial charge < -0.3 is 5.32 Å². The zero-order chi connectivity index (χ0) is 14.4. The van der Waals surface area contributed by atoms with E-state index in [-0.39, 0.29) is 17.5 Å². The highest BCUT2D eigenvalue weighted by Gasteiger charge is 2.17. The van der Waals surface area contributed by atoms with Gasteiger partial charge in [0.1, 0.15) is 0 Å². The lowest BCUT2D eigenvalue weighted by Crippen LogP contribution is -2.29. The Kier molecular flexibility index (Phi) is 5.76. The van der Waals surface area contributed by atoms with Gasteiger partial charge in [-0.1, -0.05) is 13.0 Å². The SMILES string of the molecule is Cc1c(C(=O)NCC(C)CCCl)cccc1[N+](=O)[O-]. The molecule has 0 spiro atoms. The maximum Gasteiger partial charge on any atom is 0.273 e. The van der Waals surface area contributed by atoms with Crippen LogP contribution >= 0.6 is 11.6 Å². The number of carbonyl (C=O) groups is 1. The van der Waals surface area contributed by atoms with Crippen LogP contribution in [0.15, 0.2) is 18.2 Å². The Bertz CT molecular complexity index is 477. The topological polar surface area (TPSA) is 72.2 Å². The molecule has 1 amide bonds. The molecule has 0 aliphatic rings. The second-order valence-electron chi connectivity index (χ2n) is 4.50. The second kappa shape index (κ2) is 7.09. The number of carbonyl (C=O) groups excluding carboxylic acids is 1. The number of nitrogens with one attached hydrogen (secondary N) is 1. The molecule has 0 aromatic heterocycles. The molecule has 0 heterocycles. The fourth-order valence-corrected chi connectivity index (χ4v) is 2.09. The molecule has 1 atom stereocenters. The molecule has 19 heavy (non-hydrogen) atoms. The molecule has 0 bridgehead atoms. The number of nitro groups is 1. The van der Waals surface area contributed by atoms with Crippen molar-refractivity contribution >= 4 is 23.2 Å². The number of nitro benzene ring substituents is 1. The molecule has 104 valence electrons. The van der Waals surface area contributed by atoms with Crippen LogP contribution in [0.25, 0.3) is 0 Å². The van der Waals surface area contributed by atoms with E-state index in [1.54, 1.807) is 13.0 Å². The number of halogens is 1. The first kappa shape index (κ1) is 15.4. The number of benzene rings is 1. The lowest BCUT2D eigenvalue weighted by atomic mass is 10.1. The van der Waals surface area contributed by atoms with Gasteiger partial charge in [-0.25, -0.2) is 0 Å². The van der Waals surface area contributed by atoms with Crippen LogP contribution in [-0.4, -0.2) is 23.3 Å². The van der Waals surface area contributed by atoms with E-state index in [1.165, 1.54) is 12.1 Å². The average Bonchev–Trinajstić information content (AvgIpc) is 2.36. The Hall–Kier alpha value is -1.62. The standard InChI is InChI=1S/C13H17ClN2O3/c1-9(6-7-14)8-15-13(17)11-4-3-5-12(10(11)2)16(18)19/h3-5,9H,6-8H2,1-2H3,(H,15,17). The Morgan fingerprint density at radius 2 is 2.21 bits per heavy atom. The van der Waals surface area contributed by atoms with Crippen LogP contribution in [0.1, 0.15) is 29.3 Å². The quantitative estimate of drug-likeness (QED) is 0.496. The van der Waals surface area contributed by atoms with Gasteiger partial charge in [-0.2, -0.15) is 0 Å². The fraction of sp³-hybridized carbons (Fsp3) is 0.462. The molecule has 0 saturated carbocycles. The van der Waals surface area contributed by atoms with Crippen LogP contribution in [0.4, 0.5) is 5.69 Å². The summed E-state index contributed by atoms with van der Waals surface area (Å²) in [6, 6.07) is 4.49. The van der Waals surface area contributed by atoms with Gasteiger partial charge in [0.25, 0.3) is 11.6 Å². The van der Waals surface area contributed by atoms with E-state index in [1.807, 2.05) is 6.92 Å². The first-order valence-electron chi connectivity index (χ1n) is 6.05. The zero-order valence-corrected chi connectivity index (χ0v) is 11.7. The molecule has 0 saturated heterocycles. The van der Waals surface area contributed by atoms with E-state index in [0.717, 1.165) is 6.42 Å². The Morgan fingerprint density at radius 1 is 1.53 bits per heavy atom. The molecule has 1 aromatic carbocycles. The average molecular weight is 285 g/mol. The zero-order valence-electron chi connectivity index (χ0n) is 11.0. The van der Waals surface area contributed by atoms with Crippen molar-refractivity contribution in [2.45, 2.75) is 20.3 Å². The third kappa shape index (κ3) is 4.21. The molecular formula is C13H17ClN2O3. The summed E-state index contributed by atoms with van der Waals surface area (Å²) >= 11 is 5.62. The van der Waals surface area contributed by atoms with Gasteiger partial charge in [0.2, 0.25) is 0 Å². The van der Waals surface area contributed by atoms with E-state index < -0.39 is 4.92 Å². The van der Waals surface area contributed by atoms with Crippen molar-refractivity contribution in [2.75, 3.05) is 12.4 Å². The highest BCUT2D eigenvalue weighted by Crippen LogP contribution is 2.20. The molecule has 0 aliphatic carbocycles. The summed E-state index contributed by atoms with van der Waals surface area (Å²) in [5, 5.41) is 13.6. The summed E-state index contributed by atoms with van der Waals surface area (Å²) in [5.41, 5.74) is 0.684. The number of amides is 1. The highest BCUT2D eigenvalue weighted by molar-refractivity contribution is 6.17. The van der Waals surface area contributed by atoms with E-state index >= 15 is 0 Å². The van der Waals surface area contributed by atoms with Gasteiger partial charge in [0.15, 0.2) is 0 Å². The molecule has 0 fully saturated rings. The van der Waals surface area contributed by atoms with Gasteiger partial charge in [-0.05, 0) is 25.3 Å². The highest BCUT2D eigenvalue weighted by atomic mass is 35.5. The minimum absolute atomic E-state index is 0.0403. The van der Waals surface area contributed by atoms with Gasteiger partial charge in [-0.3, -0.25) is 14.9 Å². The summed E-state index contributed by atoms with van der Waals surface area (Å²) in [7, 11) is 0. The predicted molar refractivity (Wildman–Crippen MR) is 74.7 cm³/mol. The number of hydrogen-bond donors (Lipinski definition) is 1. The summed E-state index contributed by atoms with van der Waals surface area (Å²) < 4.78 is 0. The van der Waals surface area contributed by atoms with Crippen molar-refractivity contribution in [1.29, 1.82) is 0 Å². The van der Waals surface area contributed by atoms with Gasteiger partial charge in [0.05, 0.1) is 4.92 Å². The summed E-state index contributed by atoms with van der Waals surface area (Å²) in [6.07, 6.45) is 0.815. The van der Waals surface area contributed by atoms with Crippen LogP contribution in [0, 0.1) is 23.0 Å². The molecule has 1 unspecified atom stereocenters. The maximum absolute atomic E-state index is 12.0. The second-order valence-corrected chi connectivity index (χ2v) is 4.88. The molecule has 0 aliphatic heterocycles. The molecule has 1 rings (SSSR count). The van der Waals surface area contributed by atoms with Gasteiger partial charge >= 0.3 is 0 Å². The van der Waals surface area contributed by atoms with Gasteiger partial charge in [0, 0.05) is 29.6 Å². The fourth-order valence-electron chi connectivity index (χ4n) is 1.72. The molecule has 6 heteroatoms. The van der Waals surface area contributed by atoms with Crippen LogP contribution in [0.5, 0.6) is 0 Å². The van der Waals surface area contributed by atoms with E-state index in [2.05, 4.69) is 5.32 Å². The molecular weight excluding hydrogens is 268 g/mol. The molecule has 5 nitrogen and oxygen atoms in total. The predicted octanol–water partition coefficient (Wildman–Crippen LogP) is 2.90. The van der Waals surface area contributed by atoms with Crippen LogP contribution in [0.2, 0.25) is 0 Å². The van der Waals surface area contributed by atoms with Crippen molar-refractivity contribution in [3.8, 4) is 0 Å². The van der Waals surface area contributed by atoms with Crippen molar-refractivity contribution < 1.29 is 9.72 Å². The lowest BCUT2D eigenvalue weighted by Gasteiger charge is -2.12. The number of rotatable bonds is 6. The van der Waals surface area contributed by atoms with Crippen molar-refractivity contribution in [3.05, 3.63) is 39.4 Å². The summed E-state index contributed by atoms with van der Waals surface area (Å²) in [5.74, 6) is 0.537. The van der Waals surface area contributed by atoms with Crippen LogP contribution in [0.3, 0.4) is 0 Å². The minimum Gasteiger partial charge on any atom is -0.352 e. The monoisotopic (exact) mass is 284 g/mol. The van der Waals surface area contributed by atoms with Crippen molar-refractivity contribution in [1.82, 2.24) is 5.32 Å². The first-order valence-corrected chi connectivity index (χ1v) is 6.59. The molecule has 0 radical (unpaired) electrons. The number of nitrogens with zero attached hydrogens (tertiary/aromatic N) is 1. The summed E-state index contributed by atoms with van der Waals surface area (Å²) in [6.45, 7) is 4.08. The maximum atomic E-state index is 12.0. The van der Waals surface area contributed by atoms with Crippen molar-refractivity contribution in [3.63, 3.8) is 0 Å². The first-order chi connectivity index (χ1) is 8.97. The smallest absolute Gasteiger partial charge is 0.273 e. The lowest BCUT2D eigenvalue weighted by molar-refractivity contribution is -0.385. The van der Waals surface area contributed by atoms with Crippen LogP contribution < -0.4 is 5.32 Å². The summed E-state index contributed by atoms with van der Waals surface area (Å²) in [4.78, 5) is 22.3. The third-order valence-electron chi connectivity index (χ3n) is 2.96. The Labute approximate surface area is 117 Å². The number of alkyl halides is 1.